The third-order valence-corrected chi connectivity index (χ3v) is 3.95. The predicted molar refractivity (Wildman–Crippen MR) is 70.0 cm³/mol. The van der Waals surface area contributed by atoms with Crippen molar-refractivity contribution in [2.24, 2.45) is 0 Å². The van der Waals surface area contributed by atoms with Gasteiger partial charge in [-0.05, 0) is 11.8 Å². The molecule has 0 fully saturated rings. The second kappa shape index (κ2) is 4.90. The van der Waals surface area contributed by atoms with Crippen molar-refractivity contribution < 1.29 is 4.79 Å². The summed E-state index contributed by atoms with van der Waals surface area (Å²) >= 11 is 2.62. The molecule has 0 radical (unpaired) electrons. The second-order valence-corrected chi connectivity index (χ2v) is 5.65. The highest BCUT2D eigenvalue weighted by molar-refractivity contribution is 8.01. The smallest absolute Gasteiger partial charge is 0.223 e. The van der Waals surface area contributed by atoms with E-state index in [1.807, 2.05) is 0 Å². The average Bonchev–Trinajstić information content (AvgIpc) is 2.98. The number of aromatic nitrogens is 6. The number of nitrogens with one attached hydrogen (secondary N) is 2. The molecule has 0 saturated carbocycles. The standard InChI is InChI=1S/C9H7N7OS2/c1-4(17)14-8-15-16-9(19-8)18-7-5-6(11-2-10-5)12-3-13-7/h2-3H,1H3,(H,14,15,17)(H,10,11,12,13). The fourth-order valence-electron chi connectivity index (χ4n) is 1.36. The molecule has 0 aliphatic carbocycles. The summed E-state index contributed by atoms with van der Waals surface area (Å²) in [6.45, 7) is 1.42. The Hall–Kier alpha value is -2.07. The number of aromatic amines is 1. The quantitative estimate of drug-likeness (QED) is 0.553. The van der Waals surface area contributed by atoms with Crippen LogP contribution in [0.4, 0.5) is 5.13 Å². The Morgan fingerprint density at radius 1 is 1.37 bits per heavy atom. The Labute approximate surface area is 115 Å². The maximum atomic E-state index is 10.9. The summed E-state index contributed by atoms with van der Waals surface area (Å²) in [7, 11) is 0. The predicted octanol–water partition coefficient (Wildman–Crippen LogP) is 1.31. The average molecular weight is 293 g/mol. The van der Waals surface area contributed by atoms with Crippen LogP contribution in [0.5, 0.6) is 0 Å². The normalized spacial score (nSPS) is 10.8. The fraction of sp³-hybridized carbons (Fsp3) is 0.111. The molecule has 3 rings (SSSR count). The molecule has 0 atom stereocenters. The number of hydrogen-bond acceptors (Lipinski definition) is 8. The molecule has 0 aliphatic heterocycles. The molecule has 1 amide bonds. The zero-order valence-corrected chi connectivity index (χ0v) is 11.2. The van der Waals surface area contributed by atoms with Crippen LogP contribution < -0.4 is 5.32 Å². The van der Waals surface area contributed by atoms with Crippen LogP contribution in [0.2, 0.25) is 0 Å². The van der Waals surface area contributed by atoms with Gasteiger partial charge in [0.25, 0.3) is 0 Å². The van der Waals surface area contributed by atoms with E-state index < -0.39 is 0 Å². The minimum Gasteiger partial charge on any atom is -0.341 e. The third kappa shape index (κ3) is 2.53. The van der Waals surface area contributed by atoms with Gasteiger partial charge in [-0.25, -0.2) is 15.0 Å². The van der Waals surface area contributed by atoms with Crippen molar-refractivity contribution in [3.8, 4) is 0 Å². The number of carbonyl (C=O) groups excluding carboxylic acids is 1. The zero-order chi connectivity index (χ0) is 13.2. The number of fused-ring (bicyclic) bond motifs is 1. The summed E-state index contributed by atoms with van der Waals surface area (Å²) < 4.78 is 0.679. The van der Waals surface area contributed by atoms with Gasteiger partial charge in [0.15, 0.2) is 9.99 Å². The lowest BCUT2D eigenvalue weighted by molar-refractivity contribution is -0.114. The van der Waals surface area contributed by atoms with E-state index >= 15 is 0 Å². The molecule has 0 bridgehead atoms. The Balaban J connectivity index is 1.86. The first-order valence-electron chi connectivity index (χ1n) is 5.15. The number of anilines is 1. The lowest BCUT2D eigenvalue weighted by Gasteiger charge is -1.96. The van der Waals surface area contributed by atoms with Crippen molar-refractivity contribution in [2.75, 3.05) is 5.32 Å². The van der Waals surface area contributed by atoms with Gasteiger partial charge in [0.1, 0.15) is 16.9 Å². The Kier molecular flexibility index (Phi) is 3.09. The number of rotatable bonds is 3. The molecule has 8 nitrogen and oxygen atoms in total. The van der Waals surface area contributed by atoms with Crippen LogP contribution in [-0.4, -0.2) is 36.0 Å². The van der Waals surface area contributed by atoms with E-state index in [4.69, 9.17) is 0 Å². The number of H-pyrrole nitrogens is 1. The Morgan fingerprint density at radius 3 is 3.11 bits per heavy atom. The molecule has 0 spiro atoms. The van der Waals surface area contributed by atoms with Gasteiger partial charge in [0.05, 0.1) is 6.33 Å². The van der Waals surface area contributed by atoms with Gasteiger partial charge in [-0.3, -0.25) is 4.79 Å². The maximum Gasteiger partial charge on any atom is 0.223 e. The van der Waals surface area contributed by atoms with E-state index in [0.717, 1.165) is 5.52 Å². The molecule has 96 valence electrons. The molecule has 3 heterocycles. The highest BCUT2D eigenvalue weighted by atomic mass is 32.2. The number of imidazole rings is 1. The summed E-state index contributed by atoms with van der Waals surface area (Å²) in [6.07, 6.45) is 3.01. The van der Waals surface area contributed by atoms with Crippen LogP contribution in [0, 0.1) is 0 Å². The molecule has 0 aliphatic rings. The van der Waals surface area contributed by atoms with E-state index in [1.54, 1.807) is 6.33 Å². The maximum absolute atomic E-state index is 10.9. The fourth-order valence-corrected chi connectivity index (χ4v) is 3.12. The van der Waals surface area contributed by atoms with Gasteiger partial charge in [0.2, 0.25) is 11.0 Å². The van der Waals surface area contributed by atoms with Gasteiger partial charge >= 0.3 is 0 Å². The Morgan fingerprint density at radius 2 is 2.26 bits per heavy atom. The van der Waals surface area contributed by atoms with Crippen LogP contribution in [0.15, 0.2) is 22.0 Å². The molecular weight excluding hydrogens is 286 g/mol. The highest BCUT2D eigenvalue weighted by Gasteiger charge is 2.11. The molecule has 0 saturated heterocycles. The van der Waals surface area contributed by atoms with Crippen molar-refractivity contribution >= 4 is 45.3 Å². The van der Waals surface area contributed by atoms with Crippen LogP contribution >= 0.6 is 23.1 Å². The van der Waals surface area contributed by atoms with Crippen LogP contribution in [-0.2, 0) is 4.79 Å². The van der Waals surface area contributed by atoms with Crippen LogP contribution in [0.3, 0.4) is 0 Å². The number of carbonyl (C=O) groups is 1. The molecule has 3 aromatic heterocycles. The van der Waals surface area contributed by atoms with E-state index in [2.05, 4.69) is 35.5 Å². The van der Waals surface area contributed by atoms with Gasteiger partial charge in [-0.2, -0.15) is 0 Å². The van der Waals surface area contributed by atoms with Gasteiger partial charge in [-0.15, -0.1) is 10.2 Å². The number of amides is 1. The number of nitrogens with zero attached hydrogens (tertiary/aromatic N) is 5. The highest BCUT2D eigenvalue weighted by Crippen LogP contribution is 2.32. The summed E-state index contributed by atoms with van der Waals surface area (Å²) in [5, 5.41) is 11.6. The largest absolute Gasteiger partial charge is 0.341 e. The summed E-state index contributed by atoms with van der Waals surface area (Å²) in [5.41, 5.74) is 1.35. The minimum atomic E-state index is -0.175. The van der Waals surface area contributed by atoms with E-state index in [9.17, 15) is 4.79 Å². The topological polar surface area (TPSA) is 109 Å². The SMILES string of the molecule is CC(=O)Nc1nnc(Sc2ncnc3nc[nH]c23)s1. The van der Waals surface area contributed by atoms with Crippen molar-refractivity contribution in [3.05, 3.63) is 12.7 Å². The summed E-state index contributed by atoms with van der Waals surface area (Å²) in [5.74, 6) is -0.175. The zero-order valence-electron chi connectivity index (χ0n) is 9.62. The first-order valence-corrected chi connectivity index (χ1v) is 6.78. The van der Waals surface area contributed by atoms with Crippen molar-refractivity contribution in [3.63, 3.8) is 0 Å². The van der Waals surface area contributed by atoms with Gasteiger partial charge in [0, 0.05) is 6.92 Å². The van der Waals surface area contributed by atoms with Crippen molar-refractivity contribution in [1.82, 2.24) is 30.1 Å². The minimum absolute atomic E-state index is 0.175. The van der Waals surface area contributed by atoms with Crippen molar-refractivity contribution in [2.45, 2.75) is 16.3 Å². The van der Waals surface area contributed by atoms with E-state index in [-0.39, 0.29) is 5.91 Å². The molecule has 2 N–H and O–H groups in total. The third-order valence-electron chi connectivity index (χ3n) is 2.06. The molecule has 19 heavy (non-hydrogen) atoms. The van der Waals surface area contributed by atoms with Crippen molar-refractivity contribution in [1.29, 1.82) is 0 Å². The second-order valence-electron chi connectivity index (χ2n) is 3.44. The first kappa shape index (κ1) is 12.0. The number of hydrogen-bond donors (Lipinski definition) is 2. The summed E-state index contributed by atoms with van der Waals surface area (Å²) in [4.78, 5) is 26.1. The van der Waals surface area contributed by atoms with E-state index in [0.29, 0.717) is 20.1 Å². The molecule has 0 unspecified atom stereocenters. The van der Waals surface area contributed by atoms with E-state index in [1.165, 1.54) is 36.3 Å². The lowest BCUT2D eigenvalue weighted by atomic mass is 10.6. The van der Waals surface area contributed by atoms with Gasteiger partial charge in [-0.1, -0.05) is 11.3 Å². The van der Waals surface area contributed by atoms with Gasteiger partial charge < -0.3 is 10.3 Å². The molecule has 10 heteroatoms. The summed E-state index contributed by atoms with van der Waals surface area (Å²) in [6, 6.07) is 0. The monoisotopic (exact) mass is 293 g/mol. The molecular formula is C9H7N7OS2. The van der Waals surface area contributed by atoms with Crippen LogP contribution in [0.25, 0.3) is 11.2 Å². The molecule has 0 aromatic carbocycles. The lowest BCUT2D eigenvalue weighted by Crippen LogP contribution is -2.04. The molecule has 3 aromatic rings. The Bertz CT molecular complexity index is 737. The van der Waals surface area contributed by atoms with Crippen LogP contribution in [0.1, 0.15) is 6.92 Å². The first-order chi connectivity index (χ1) is 9.22.